The first kappa shape index (κ1) is 10.5. The summed E-state index contributed by atoms with van der Waals surface area (Å²) in [5.74, 6) is -0.675. The van der Waals surface area contributed by atoms with Gasteiger partial charge < -0.3 is 10.4 Å². The van der Waals surface area contributed by atoms with Gasteiger partial charge in [-0.3, -0.25) is 4.79 Å². The Morgan fingerprint density at radius 1 is 1.46 bits per heavy atom. The fourth-order valence-electron chi connectivity index (χ4n) is 2.15. The van der Waals surface area contributed by atoms with Gasteiger partial charge in [0.05, 0.1) is 6.42 Å². The highest BCUT2D eigenvalue weighted by atomic mass is 16.4. The largest absolute Gasteiger partial charge is 0.481 e. The van der Waals surface area contributed by atoms with Crippen molar-refractivity contribution in [2.24, 2.45) is 0 Å². The summed E-state index contributed by atoms with van der Waals surface area (Å²) in [5.41, 5.74) is -0.0815. The molecule has 1 saturated carbocycles. The first-order valence-corrected chi connectivity index (χ1v) is 5.15. The third-order valence-corrected chi connectivity index (χ3v) is 2.80. The number of carbonyl (C=O) groups is 1. The fourth-order valence-corrected chi connectivity index (χ4v) is 2.15. The van der Waals surface area contributed by atoms with Gasteiger partial charge in [0.15, 0.2) is 0 Å². The van der Waals surface area contributed by atoms with Crippen LogP contribution in [0.4, 0.5) is 0 Å². The number of aliphatic carboxylic acids is 1. The second-order valence-electron chi connectivity index (χ2n) is 3.98. The second kappa shape index (κ2) is 4.61. The lowest BCUT2D eigenvalue weighted by Crippen LogP contribution is -2.44. The molecular formula is C10H19NO2. The first-order valence-electron chi connectivity index (χ1n) is 5.15. The standard InChI is InChI=1S/C10H19NO2/c1-2-7-11-10(8-9(12)13)5-3-4-6-10/h11H,2-8H2,1H3,(H,12,13). The Morgan fingerprint density at radius 3 is 2.54 bits per heavy atom. The van der Waals surface area contributed by atoms with Crippen LogP contribution in [-0.4, -0.2) is 23.2 Å². The molecule has 0 saturated heterocycles. The Hall–Kier alpha value is -0.570. The molecule has 3 heteroatoms. The maximum atomic E-state index is 10.7. The van der Waals surface area contributed by atoms with E-state index in [4.69, 9.17) is 5.11 Å². The minimum Gasteiger partial charge on any atom is -0.481 e. The zero-order valence-corrected chi connectivity index (χ0v) is 8.31. The van der Waals surface area contributed by atoms with E-state index in [-0.39, 0.29) is 12.0 Å². The van der Waals surface area contributed by atoms with Gasteiger partial charge in [-0.15, -0.1) is 0 Å². The molecule has 76 valence electrons. The average molecular weight is 185 g/mol. The molecule has 0 aliphatic heterocycles. The highest BCUT2D eigenvalue weighted by Crippen LogP contribution is 2.32. The number of carboxylic acids is 1. The van der Waals surface area contributed by atoms with E-state index in [1.165, 1.54) is 12.8 Å². The molecule has 0 amide bonds. The Labute approximate surface area is 79.5 Å². The van der Waals surface area contributed by atoms with Crippen LogP contribution < -0.4 is 5.32 Å². The van der Waals surface area contributed by atoms with Crippen LogP contribution in [0.1, 0.15) is 45.4 Å². The van der Waals surface area contributed by atoms with Crippen molar-refractivity contribution in [3.63, 3.8) is 0 Å². The Kier molecular flexibility index (Phi) is 3.72. The Bertz CT molecular complexity index is 174. The van der Waals surface area contributed by atoms with Crippen LogP contribution in [0.2, 0.25) is 0 Å². The summed E-state index contributed by atoms with van der Waals surface area (Å²) in [6.45, 7) is 3.05. The van der Waals surface area contributed by atoms with Crippen LogP contribution in [0.25, 0.3) is 0 Å². The summed E-state index contributed by atoms with van der Waals surface area (Å²) < 4.78 is 0. The van der Waals surface area contributed by atoms with Crippen molar-refractivity contribution in [3.05, 3.63) is 0 Å². The lowest BCUT2D eigenvalue weighted by molar-refractivity contribution is -0.138. The van der Waals surface area contributed by atoms with Gasteiger partial charge in [0.1, 0.15) is 0 Å². The molecule has 0 unspecified atom stereocenters. The molecule has 0 atom stereocenters. The summed E-state index contributed by atoms with van der Waals surface area (Å²) in [4.78, 5) is 10.7. The minimum absolute atomic E-state index is 0.0815. The van der Waals surface area contributed by atoms with Crippen LogP contribution >= 0.6 is 0 Å². The van der Waals surface area contributed by atoms with Gasteiger partial charge in [-0.05, 0) is 25.8 Å². The normalized spacial score (nSPS) is 20.4. The van der Waals surface area contributed by atoms with Gasteiger partial charge in [-0.1, -0.05) is 19.8 Å². The molecule has 0 aromatic rings. The third kappa shape index (κ3) is 2.99. The molecule has 13 heavy (non-hydrogen) atoms. The monoisotopic (exact) mass is 185 g/mol. The molecule has 0 aromatic heterocycles. The van der Waals surface area contributed by atoms with Crippen molar-refractivity contribution in [2.45, 2.75) is 51.0 Å². The molecule has 0 heterocycles. The minimum atomic E-state index is -0.675. The average Bonchev–Trinajstić information content (AvgIpc) is 2.49. The molecule has 1 aliphatic rings. The molecule has 0 bridgehead atoms. The van der Waals surface area contributed by atoms with Gasteiger partial charge in [-0.2, -0.15) is 0 Å². The smallest absolute Gasteiger partial charge is 0.305 e. The fraction of sp³-hybridized carbons (Fsp3) is 0.900. The van der Waals surface area contributed by atoms with Gasteiger partial charge in [0, 0.05) is 5.54 Å². The summed E-state index contributed by atoms with van der Waals surface area (Å²) in [6.07, 6.45) is 5.75. The molecule has 1 rings (SSSR count). The summed E-state index contributed by atoms with van der Waals surface area (Å²) in [6, 6.07) is 0. The van der Waals surface area contributed by atoms with Crippen LogP contribution in [0, 0.1) is 0 Å². The van der Waals surface area contributed by atoms with Crippen molar-refractivity contribution in [3.8, 4) is 0 Å². The lowest BCUT2D eigenvalue weighted by atomic mass is 9.93. The van der Waals surface area contributed by atoms with Crippen LogP contribution in [0.3, 0.4) is 0 Å². The van der Waals surface area contributed by atoms with E-state index in [0.29, 0.717) is 0 Å². The van der Waals surface area contributed by atoms with Crippen molar-refractivity contribution < 1.29 is 9.90 Å². The van der Waals surface area contributed by atoms with E-state index in [1.807, 2.05) is 0 Å². The number of hydrogen-bond donors (Lipinski definition) is 2. The maximum absolute atomic E-state index is 10.7. The quantitative estimate of drug-likeness (QED) is 0.686. The van der Waals surface area contributed by atoms with E-state index in [1.54, 1.807) is 0 Å². The third-order valence-electron chi connectivity index (χ3n) is 2.80. The van der Waals surface area contributed by atoms with Crippen molar-refractivity contribution in [2.75, 3.05) is 6.54 Å². The predicted octanol–water partition coefficient (Wildman–Crippen LogP) is 1.77. The van der Waals surface area contributed by atoms with E-state index in [0.717, 1.165) is 25.8 Å². The molecular weight excluding hydrogens is 166 g/mol. The van der Waals surface area contributed by atoms with Crippen molar-refractivity contribution >= 4 is 5.97 Å². The van der Waals surface area contributed by atoms with Crippen LogP contribution in [0.5, 0.6) is 0 Å². The first-order chi connectivity index (χ1) is 6.18. The highest BCUT2D eigenvalue weighted by Gasteiger charge is 2.34. The summed E-state index contributed by atoms with van der Waals surface area (Å²) in [5, 5.41) is 12.2. The summed E-state index contributed by atoms with van der Waals surface area (Å²) >= 11 is 0. The Morgan fingerprint density at radius 2 is 2.08 bits per heavy atom. The van der Waals surface area contributed by atoms with Gasteiger partial charge in [-0.25, -0.2) is 0 Å². The Balaban J connectivity index is 2.47. The molecule has 3 nitrogen and oxygen atoms in total. The van der Waals surface area contributed by atoms with Crippen LogP contribution in [-0.2, 0) is 4.79 Å². The van der Waals surface area contributed by atoms with Gasteiger partial charge in [0.25, 0.3) is 0 Å². The van der Waals surface area contributed by atoms with Gasteiger partial charge >= 0.3 is 5.97 Å². The number of rotatable bonds is 5. The molecule has 1 aliphatic carbocycles. The summed E-state index contributed by atoms with van der Waals surface area (Å²) in [7, 11) is 0. The van der Waals surface area contributed by atoms with Crippen LogP contribution in [0.15, 0.2) is 0 Å². The van der Waals surface area contributed by atoms with E-state index in [9.17, 15) is 4.79 Å². The SMILES string of the molecule is CCCNC1(CC(=O)O)CCCC1. The second-order valence-corrected chi connectivity index (χ2v) is 3.98. The van der Waals surface area contributed by atoms with E-state index < -0.39 is 5.97 Å². The molecule has 0 spiro atoms. The molecule has 2 N–H and O–H groups in total. The molecule has 1 fully saturated rings. The predicted molar refractivity (Wildman–Crippen MR) is 51.7 cm³/mol. The zero-order valence-electron chi connectivity index (χ0n) is 8.31. The van der Waals surface area contributed by atoms with Crippen molar-refractivity contribution in [1.29, 1.82) is 0 Å². The van der Waals surface area contributed by atoms with E-state index >= 15 is 0 Å². The number of nitrogens with one attached hydrogen (secondary N) is 1. The van der Waals surface area contributed by atoms with Gasteiger partial charge in [0.2, 0.25) is 0 Å². The topological polar surface area (TPSA) is 49.3 Å². The zero-order chi connectivity index (χ0) is 9.73. The molecule has 0 radical (unpaired) electrons. The molecule has 0 aromatic carbocycles. The maximum Gasteiger partial charge on any atom is 0.305 e. The lowest BCUT2D eigenvalue weighted by Gasteiger charge is -2.28. The number of hydrogen-bond acceptors (Lipinski definition) is 2. The van der Waals surface area contributed by atoms with Crippen molar-refractivity contribution in [1.82, 2.24) is 5.32 Å². The number of carboxylic acid groups (broad SMARTS) is 1. The van der Waals surface area contributed by atoms with E-state index in [2.05, 4.69) is 12.2 Å². The highest BCUT2D eigenvalue weighted by molar-refractivity contribution is 5.68.